The number of amides is 2. The Labute approximate surface area is 105 Å². The number of nitrogens with one attached hydrogen (secondary N) is 1. The fraction of sp³-hybridized carbons (Fsp3) is 0.167. The van der Waals surface area contributed by atoms with Crippen LogP contribution in [0.4, 0.5) is 5.69 Å². The van der Waals surface area contributed by atoms with Crippen molar-refractivity contribution in [2.45, 2.75) is 0 Å². The predicted molar refractivity (Wildman–Crippen MR) is 67.9 cm³/mol. The standard InChI is InChI=1S/C12H13ClN2O2/c1-15(2)12(17)8-7-11(16)14-10-6-4-3-5-9(10)13/h3-8H,1-2H3,(H,14,16)/b8-7+. The molecule has 0 saturated heterocycles. The number of anilines is 1. The van der Waals surface area contributed by atoms with E-state index >= 15 is 0 Å². The molecule has 90 valence electrons. The van der Waals surface area contributed by atoms with Gasteiger partial charge in [0.2, 0.25) is 11.8 Å². The van der Waals surface area contributed by atoms with Gasteiger partial charge < -0.3 is 10.2 Å². The van der Waals surface area contributed by atoms with Crippen molar-refractivity contribution in [2.24, 2.45) is 0 Å². The first-order chi connectivity index (χ1) is 8.00. The first-order valence-corrected chi connectivity index (χ1v) is 5.33. The summed E-state index contributed by atoms with van der Waals surface area (Å²) < 4.78 is 0. The summed E-state index contributed by atoms with van der Waals surface area (Å²) in [6.45, 7) is 0. The van der Waals surface area contributed by atoms with E-state index in [1.165, 1.54) is 17.1 Å². The molecule has 0 spiro atoms. The number of para-hydroxylation sites is 1. The number of hydrogen-bond donors (Lipinski definition) is 1. The van der Waals surface area contributed by atoms with Crippen molar-refractivity contribution >= 4 is 29.1 Å². The first-order valence-electron chi connectivity index (χ1n) is 4.95. The van der Waals surface area contributed by atoms with Crippen molar-refractivity contribution in [1.29, 1.82) is 0 Å². The van der Waals surface area contributed by atoms with E-state index in [1.54, 1.807) is 38.4 Å². The normalized spacial score (nSPS) is 10.3. The quantitative estimate of drug-likeness (QED) is 0.836. The van der Waals surface area contributed by atoms with Gasteiger partial charge in [0.15, 0.2) is 0 Å². The molecule has 4 nitrogen and oxygen atoms in total. The van der Waals surface area contributed by atoms with Crippen LogP contribution in [0.3, 0.4) is 0 Å². The second kappa shape index (κ2) is 6.06. The molecule has 0 saturated carbocycles. The number of hydrogen-bond acceptors (Lipinski definition) is 2. The Kier molecular flexibility index (Phi) is 4.72. The predicted octanol–water partition coefficient (Wildman–Crippen LogP) is 1.92. The van der Waals surface area contributed by atoms with Gasteiger partial charge in [0.05, 0.1) is 10.7 Å². The SMILES string of the molecule is CN(C)C(=O)/C=C/C(=O)Nc1ccccc1Cl. The lowest BCUT2D eigenvalue weighted by Gasteiger charge is -2.06. The van der Waals surface area contributed by atoms with Crippen LogP contribution in [0.25, 0.3) is 0 Å². The summed E-state index contributed by atoms with van der Waals surface area (Å²) in [6.07, 6.45) is 2.37. The van der Waals surface area contributed by atoms with Gasteiger partial charge in [0, 0.05) is 26.2 Å². The molecule has 0 atom stereocenters. The summed E-state index contributed by atoms with van der Waals surface area (Å²) in [7, 11) is 3.22. The fourth-order valence-electron chi connectivity index (χ4n) is 1.03. The van der Waals surface area contributed by atoms with Gasteiger partial charge in [-0.15, -0.1) is 0 Å². The molecule has 0 aliphatic heterocycles. The number of benzene rings is 1. The van der Waals surface area contributed by atoms with Crippen LogP contribution in [-0.2, 0) is 9.59 Å². The molecule has 0 unspecified atom stereocenters. The summed E-state index contributed by atoms with van der Waals surface area (Å²) >= 11 is 5.87. The molecular weight excluding hydrogens is 240 g/mol. The zero-order chi connectivity index (χ0) is 12.8. The molecule has 0 aliphatic rings. The molecule has 0 bridgehead atoms. The highest BCUT2D eigenvalue weighted by Gasteiger charge is 2.03. The minimum absolute atomic E-state index is 0.251. The Morgan fingerprint density at radius 2 is 1.88 bits per heavy atom. The number of rotatable bonds is 3. The highest BCUT2D eigenvalue weighted by atomic mass is 35.5. The van der Waals surface area contributed by atoms with E-state index in [0.717, 1.165) is 0 Å². The van der Waals surface area contributed by atoms with E-state index < -0.39 is 5.91 Å². The minimum Gasteiger partial charge on any atom is -0.345 e. The second-order valence-corrected chi connectivity index (χ2v) is 3.94. The lowest BCUT2D eigenvalue weighted by Crippen LogP contribution is -2.19. The van der Waals surface area contributed by atoms with Crippen molar-refractivity contribution in [3.05, 3.63) is 41.4 Å². The third kappa shape index (κ3) is 4.28. The zero-order valence-electron chi connectivity index (χ0n) is 9.61. The Hall–Kier alpha value is -1.81. The molecule has 2 amide bonds. The van der Waals surface area contributed by atoms with E-state index in [2.05, 4.69) is 5.32 Å². The van der Waals surface area contributed by atoms with E-state index in [1.807, 2.05) is 0 Å². The molecule has 0 aliphatic carbocycles. The highest BCUT2D eigenvalue weighted by Crippen LogP contribution is 2.20. The van der Waals surface area contributed by atoms with Gasteiger partial charge in [0.1, 0.15) is 0 Å². The van der Waals surface area contributed by atoms with E-state index in [9.17, 15) is 9.59 Å². The van der Waals surface area contributed by atoms with Crippen LogP contribution in [-0.4, -0.2) is 30.8 Å². The Bertz CT molecular complexity index is 456. The molecule has 1 aromatic carbocycles. The molecule has 0 fully saturated rings. The van der Waals surface area contributed by atoms with Crippen molar-refractivity contribution in [3.8, 4) is 0 Å². The van der Waals surface area contributed by atoms with E-state index in [-0.39, 0.29) is 5.91 Å². The zero-order valence-corrected chi connectivity index (χ0v) is 10.4. The lowest BCUT2D eigenvalue weighted by molar-refractivity contribution is -0.124. The van der Waals surface area contributed by atoms with Gasteiger partial charge >= 0.3 is 0 Å². The van der Waals surface area contributed by atoms with Gasteiger partial charge in [0.25, 0.3) is 0 Å². The van der Waals surface area contributed by atoms with Crippen LogP contribution in [0.15, 0.2) is 36.4 Å². The average Bonchev–Trinajstić information content (AvgIpc) is 2.29. The molecule has 0 aromatic heterocycles. The molecule has 17 heavy (non-hydrogen) atoms. The minimum atomic E-state index is -0.395. The summed E-state index contributed by atoms with van der Waals surface area (Å²) in [6, 6.07) is 6.88. The molecular formula is C12H13ClN2O2. The summed E-state index contributed by atoms with van der Waals surface area (Å²) in [4.78, 5) is 24.0. The number of halogens is 1. The van der Waals surface area contributed by atoms with Crippen molar-refractivity contribution in [2.75, 3.05) is 19.4 Å². The maximum atomic E-state index is 11.5. The first kappa shape index (κ1) is 13.3. The average molecular weight is 253 g/mol. The van der Waals surface area contributed by atoms with Gasteiger partial charge in [-0.1, -0.05) is 23.7 Å². The molecule has 1 N–H and O–H groups in total. The number of carbonyl (C=O) groups is 2. The van der Waals surface area contributed by atoms with Crippen molar-refractivity contribution in [1.82, 2.24) is 4.90 Å². The smallest absolute Gasteiger partial charge is 0.248 e. The van der Waals surface area contributed by atoms with Crippen molar-refractivity contribution in [3.63, 3.8) is 0 Å². The maximum absolute atomic E-state index is 11.5. The van der Waals surface area contributed by atoms with Gasteiger partial charge in [-0.25, -0.2) is 0 Å². The van der Waals surface area contributed by atoms with E-state index in [0.29, 0.717) is 10.7 Å². The van der Waals surface area contributed by atoms with Crippen LogP contribution in [0.5, 0.6) is 0 Å². The summed E-state index contributed by atoms with van der Waals surface area (Å²) in [5, 5.41) is 3.03. The molecule has 1 aromatic rings. The second-order valence-electron chi connectivity index (χ2n) is 3.54. The molecule has 0 radical (unpaired) electrons. The third-order valence-electron chi connectivity index (χ3n) is 1.95. The van der Waals surface area contributed by atoms with Crippen LogP contribution >= 0.6 is 11.6 Å². The Morgan fingerprint density at radius 1 is 1.24 bits per heavy atom. The Balaban J connectivity index is 2.62. The van der Waals surface area contributed by atoms with Gasteiger partial charge in [-0.05, 0) is 12.1 Å². The van der Waals surface area contributed by atoms with Crippen LogP contribution in [0.1, 0.15) is 0 Å². The number of nitrogens with zero attached hydrogens (tertiary/aromatic N) is 1. The molecule has 1 rings (SSSR count). The Morgan fingerprint density at radius 3 is 2.47 bits per heavy atom. The fourth-order valence-corrected chi connectivity index (χ4v) is 1.22. The molecule has 0 heterocycles. The van der Waals surface area contributed by atoms with Gasteiger partial charge in [-0.2, -0.15) is 0 Å². The molecule has 5 heteroatoms. The largest absolute Gasteiger partial charge is 0.345 e. The van der Waals surface area contributed by atoms with Crippen LogP contribution < -0.4 is 5.32 Å². The summed E-state index contributed by atoms with van der Waals surface area (Å²) in [5.41, 5.74) is 0.515. The lowest BCUT2D eigenvalue weighted by atomic mass is 10.3. The maximum Gasteiger partial charge on any atom is 0.248 e. The summed E-state index contributed by atoms with van der Waals surface area (Å²) in [5.74, 6) is -0.646. The van der Waals surface area contributed by atoms with Crippen molar-refractivity contribution < 1.29 is 9.59 Å². The van der Waals surface area contributed by atoms with Crippen LogP contribution in [0, 0.1) is 0 Å². The topological polar surface area (TPSA) is 49.4 Å². The third-order valence-corrected chi connectivity index (χ3v) is 2.28. The van der Waals surface area contributed by atoms with E-state index in [4.69, 9.17) is 11.6 Å². The van der Waals surface area contributed by atoms with Gasteiger partial charge in [-0.3, -0.25) is 9.59 Å². The number of carbonyl (C=O) groups excluding carboxylic acids is 2. The van der Waals surface area contributed by atoms with Crippen LogP contribution in [0.2, 0.25) is 5.02 Å². The monoisotopic (exact) mass is 252 g/mol. The number of likely N-dealkylation sites (N-methyl/N-ethyl adjacent to an activating group) is 1. The highest BCUT2D eigenvalue weighted by molar-refractivity contribution is 6.33.